The monoisotopic (exact) mass is 310 g/mol. The Hall–Kier alpha value is -1.28. The van der Waals surface area contributed by atoms with Gasteiger partial charge in [0.2, 0.25) is 5.91 Å². The minimum atomic E-state index is -4.60. The van der Waals surface area contributed by atoms with Gasteiger partial charge in [0.1, 0.15) is 5.82 Å². The lowest BCUT2D eigenvalue weighted by atomic mass is 10.1. The first-order chi connectivity index (χ1) is 9.25. The van der Waals surface area contributed by atoms with Crippen LogP contribution in [0.15, 0.2) is 18.2 Å². The maximum absolute atomic E-state index is 13.4. The summed E-state index contributed by atoms with van der Waals surface area (Å²) in [7, 11) is 0. The number of carbonyl (C=O) groups excluding carboxylic acids is 1. The first kappa shape index (κ1) is 16.8. The smallest absolute Gasteiger partial charge is 0.322 e. The van der Waals surface area contributed by atoms with Crippen LogP contribution < -0.4 is 11.1 Å². The average molecular weight is 310 g/mol. The van der Waals surface area contributed by atoms with Crippen molar-refractivity contribution in [2.45, 2.75) is 18.6 Å². The molecule has 1 atom stereocenters. The van der Waals surface area contributed by atoms with Crippen LogP contribution in [0.4, 0.5) is 23.2 Å². The molecule has 1 amide bonds. The second kappa shape index (κ2) is 6.94. The van der Waals surface area contributed by atoms with Crippen LogP contribution in [0.3, 0.4) is 0 Å². The van der Waals surface area contributed by atoms with E-state index in [0.717, 1.165) is 0 Å². The van der Waals surface area contributed by atoms with Crippen molar-refractivity contribution in [2.75, 3.05) is 17.3 Å². The van der Waals surface area contributed by atoms with Crippen molar-refractivity contribution in [3.05, 3.63) is 29.6 Å². The summed E-state index contributed by atoms with van der Waals surface area (Å²) >= 11 is 1.48. The topological polar surface area (TPSA) is 55.1 Å². The Morgan fingerprint density at radius 1 is 1.45 bits per heavy atom. The van der Waals surface area contributed by atoms with Crippen molar-refractivity contribution in [3.63, 3.8) is 0 Å². The molecular formula is C12H14F4N2OS. The Morgan fingerprint density at radius 2 is 2.10 bits per heavy atom. The summed E-state index contributed by atoms with van der Waals surface area (Å²) in [6.07, 6.45) is -2.42. The minimum absolute atomic E-state index is 0.355. The normalized spacial score (nSPS) is 13.1. The van der Waals surface area contributed by atoms with E-state index in [2.05, 4.69) is 5.32 Å². The minimum Gasteiger partial charge on any atom is -0.322 e. The predicted octanol–water partition coefficient (Wildman–Crippen LogP) is 2.86. The summed E-state index contributed by atoms with van der Waals surface area (Å²) in [5, 5.41) is 2.08. The second-order valence-corrected chi connectivity index (χ2v) is 5.06. The van der Waals surface area contributed by atoms with Crippen molar-refractivity contribution >= 4 is 23.4 Å². The van der Waals surface area contributed by atoms with E-state index in [1.165, 1.54) is 11.8 Å². The number of anilines is 1. The van der Waals surface area contributed by atoms with Gasteiger partial charge in [0.25, 0.3) is 0 Å². The number of hydrogen-bond donors (Lipinski definition) is 2. The molecule has 0 aliphatic rings. The van der Waals surface area contributed by atoms with Crippen molar-refractivity contribution in [2.24, 2.45) is 5.73 Å². The molecule has 0 fully saturated rings. The quantitative estimate of drug-likeness (QED) is 0.822. The molecule has 0 aromatic heterocycles. The van der Waals surface area contributed by atoms with Gasteiger partial charge in [-0.1, -0.05) is 0 Å². The molecule has 0 unspecified atom stereocenters. The van der Waals surface area contributed by atoms with Gasteiger partial charge >= 0.3 is 6.18 Å². The zero-order valence-electron chi connectivity index (χ0n) is 10.6. The largest absolute Gasteiger partial charge is 0.416 e. The number of amides is 1. The molecule has 1 aromatic rings. The molecule has 112 valence electrons. The summed E-state index contributed by atoms with van der Waals surface area (Å²) in [6.45, 7) is 0. The van der Waals surface area contributed by atoms with E-state index < -0.39 is 35.2 Å². The van der Waals surface area contributed by atoms with E-state index in [-0.39, 0.29) is 0 Å². The predicted molar refractivity (Wildman–Crippen MR) is 71.0 cm³/mol. The van der Waals surface area contributed by atoms with Gasteiger partial charge in [0.05, 0.1) is 17.3 Å². The van der Waals surface area contributed by atoms with Crippen LogP contribution in [-0.4, -0.2) is 24.0 Å². The Labute approximate surface area is 117 Å². The maximum atomic E-state index is 13.4. The van der Waals surface area contributed by atoms with Crippen LogP contribution in [0.5, 0.6) is 0 Å². The lowest BCUT2D eigenvalue weighted by Gasteiger charge is -2.14. The molecular weight excluding hydrogens is 296 g/mol. The lowest BCUT2D eigenvalue weighted by Crippen LogP contribution is -2.36. The van der Waals surface area contributed by atoms with Gasteiger partial charge in [0, 0.05) is 0 Å². The standard InChI is InChI=1S/C12H14F4N2OS/c1-20-5-4-9(17)11(19)18-10-6-7(12(14,15)16)2-3-8(10)13/h2-3,6,9H,4-5,17H2,1H3,(H,18,19)/t9-/m1/s1. The number of nitrogens with one attached hydrogen (secondary N) is 1. The number of carbonyl (C=O) groups is 1. The summed E-state index contributed by atoms with van der Waals surface area (Å²) in [6, 6.07) is 0.926. The van der Waals surface area contributed by atoms with Crippen molar-refractivity contribution in [1.29, 1.82) is 0 Å². The number of nitrogens with two attached hydrogens (primary N) is 1. The molecule has 0 saturated carbocycles. The van der Waals surface area contributed by atoms with Gasteiger partial charge in [0.15, 0.2) is 0 Å². The van der Waals surface area contributed by atoms with Crippen molar-refractivity contribution in [1.82, 2.24) is 0 Å². The van der Waals surface area contributed by atoms with Crippen LogP contribution in [0.1, 0.15) is 12.0 Å². The number of hydrogen-bond acceptors (Lipinski definition) is 3. The molecule has 8 heteroatoms. The summed E-state index contributed by atoms with van der Waals surface area (Å²) < 4.78 is 50.9. The second-order valence-electron chi connectivity index (χ2n) is 4.07. The van der Waals surface area contributed by atoms with Crippen LogP contribution in [0, 0.1) is 5.82 Å². The molecule has 0 heterocycles. The van der Waals surface area contributed by atoms with Crippen LogP contribution >= 0.6 is 11.8 Å². The van der Waals surface area contributed by atoms with Crippen molar-refractivity contribution in [3.8, 4) is 0 Å². The highest BCUT2D eigenvalue weighted by atomic mass is 32.2. The highest BCUT2D eigenvalue weighted by molar-refractivity contribution is 7.98. The van der Waals surface area contributed by atoms with Crippen molar-refractivity contribution < 1.29 is 22.4 Å². The molecule has 0 spiro atoms. The molecule has 20 heavy (non-hydrogen) atoms. The maximum Gasteiger partial charge on any atom is 0.416 e. The van der Waals surface area contributed by atoms with E-state index >= 15 is 0 Å². The zero-order chi connectivity index (χ0) is 15.3. The van der Waals surface area contributed by atoms with Crippen LogP contribution in [0.2, 0.25) is 0 Å². The van der Waals surface area contributed by atoms with Gasteiger partial charge in [-0.05, 0) is 36.6 Å². The average Bonchev–Trinajstić information content (AvgIpc) is 2.37. The highest BCUT2D eigenvalue weighted by Gasteiger charge is 2.31. The number of benzene rings is 1. The van der Waals surface area contributed by atoms with E-state index in [9.17, 15) is 22.4 Å². The number of halogens is 4. The Kier molecular flexibility index (Phi) is 5.82. The molecule has 0 bridgehead atoms. The third-order valence-electron chi connectivity index (χ3n) is 2.52. The molecule has 1 aromatic carbocycles. The SMILES string of the molecule is CSCC[C@@H](N)C(=O)Nc1cc(C(F)(F)F)ccc1F. The fourth-order valence-electron chi connectivity index (χ4n) is 1.40. The first-order valence-corrected chi connectivity index (χ1v) is 7.07. The van der Waals surface area contributed by atoms with Gasteiger partial charge in [-0.15, -0.1) is 0 Å². The molecule has 3 N–H and O–H groups in total. The number of rotatable bonds is 5. The fraction of sp³-hybridized carbons (Fsp3) is 0.417. The van der Waals surface area contributed by atoms with Gasteiger partial charge in [-0.25, -0.2) is 4.39 Å². The summed E-state index contributed by atoms with van der Waals surface area (Å²) in [5.74, 6) is -1.03. The molecule has 1 rings (SSSR count). The summed E-state index contributed by atoms with van der Waals surface area (Å²) in [4.78, 5) is 11.6. The van der Waals surface area contributed by atoms with E-state index in [4.69, 9.17) is 5.73 Å². The van der Waals surface area contributed by atoms with Crippen LogP contribution in [-0.2, 0) is 11.0 Å². The summed E-state index contributed by atoms with van der Waals surface area (Å²) in [5.41, 5.74) is 4.00. The third kappa shape index (κ3) is 4.68. The Balaban J connectivity index is 2.84. The Bertz CT molecular complexity index is 479. The number of thioether (sulfide) groups is 1. The number of alkyl halides is 3. The third-order valence-corrected chi connectivity index (χ3v) is 3.17. The van der Waals surface area contributed by atoms with E-state index in [1.807, 2.05) is 6.26 Å². The first-order valence-electron chi connectivity index (χ1n) is 5.68. The molecule has 3 nitrogen and oxygen atoms in total. The van der Waals surface area contributed by atoms with Crippen LogP contribution in [0.25, 0.3) is 0 Å². The Morgan fingerprint density at radius 3 is 2.65 bits per heavy atom. The van der Waals surface area contributed by atoms with Gasteiger partial charge < -0.3 is 11.1 Å². The lowest BCUT2D eigenvalue weighted by molar-refractivity contribution is -0.137. The molecule has 0 aliphatic carbocycles. The van der Waals surface area contributed by atoms with Gasteiger partial charge in [-0.2, -0.15) is 24.9 Å². The molecule has 0 saturated heterocycles. The zero-order valence-corrected chi connectivity index (χ0v) is 11.4. The van der Waals surface area contributed by atoms with E-state index in [1.54, 1.807) is 0 Å². The highest BCUT2D eigenvalue weighted by Crippen LogP contribution is 2.31. The van der Waals surface area contributed by atoms with Gasteiger partial charge in [-0.3, -0.25) is 4.79 Å². The molecule has 0 aliphatic heterocycles. The fourth-order valence-corrected chi connectivity index (χ4v) is 1.89. The molecule has 0 radical (unpaired) electrons. The van der Waals surface area contributed by atoms with E-state index in [0.29, 0.717) is 30.4 Å².